The zero-order chi connectivity index (χ0) is 21.1. The van der Waals surface area contributed by atoms with Crippen molar-refractivity contribution in [3.63, 3.8) is 0 Å². The number of esters is 1. The number of aromatic amines is 1. The Bertz CT molecular complexity index is 1240. The van der Waals surface area contributed by atoms with Crippen LogP contribution in [0.4, 0.5) is 5.69 Å². The third kappa shape index (κ3) is 3.73. The molecular formula is C21H19N3O5. The number of nitrogens with one attached hydrogen (secondary N) is 1. The summed E-state index contributed by atoms with van der Waals surface area (Å²) in [6.07, 6.45) is 1.16. The maximum Gasteiger partial charge on any atom is 0.338 e. The van der Waals surface area contributed by atoms with Gasteiger partial charge in [-0.1, -0.05) is 24.3 Å². The summed E-state index contributed by atoms with van der Waals surface area (Å²) in [5.74, 6) is -1.04. The summed E-state index contributed by atoms with van der Waals surface area (Å²) in [6, 6.07) is 11.8. The van der Waals surface area contributed by atoms with Crippen LogP contribution in [0.15, 0.2) is 57.0 Å². The number of aromatic hydroxyl groups is 1. The van der Waals surface area contributed by atoms with Crippen molar-refractivity contribution in [1.82, 2.24) is 9.55 Å². The number of para-hydroxylation sites is 1. The first-order chi connectivity index (χ1) is 13.8. The van der Waals surface area contributed by atoms with Crippen LogP contribution in [0.5, 0.6) is 5.88 Å². The van der Waals surface area contributed by atoms with Crippen LogP contribution >= 0.6 is 0 Å². The van der Waals surface area contributed by atoms with Crippen LogP contribution in [0.1, 0.15) is 27.0 Å². The number of nitrogens with zero attached hydrogens (tertiary/aromatic N) is 2. The van der Waals surface area contributed by atoms with Crippen molar-refractivity contribution < 1.29 is 14.6 Å². The quantitative estimate of drug-likeness (QED) is 0.522. The minimum absolute atomic E-state index is 0.185. The average molecular weight is 393 g/mol. The normalized spacial score (nSPS) is 11.0. The zero-order valence-electron chi connectivity index (χ0n) is 16.1. The molecule has 0 amide bonds. The molecule has 2 N–H and O–H groups in total. The third-order valence-electron chi connectivity index (χ3n) is 4.52. The van der Waals surface area contributed by atoms with Crippen molar-refractivity contribution in [2.24, 2.45) is 4.99 Å². The molecule has 0 saturated carbocycles. The predicted octanol–water partition coefficient (Wildman–Crippen LogP) is 2.39. The minimum Gasteiger partial charge on any atom is -0.493 e. The number of ether oxygens (including phenoxy) is 1. The van der Waals surface area contributed by atoms with Gasteiger partial charge in [0, 0.05) is 6.21 Å². The first-order valence-corrected chi connectivity index (χ1v) is 8.71. The average Bonchev–Trinajstić information content (AvgIpc) is 2.69. The fourth-order valence-corrected chi connectivity index (χ4v) is 2.92. The lowest BCUT2D eigenvalue weighted by Gasteiger charge is -2.12. The van der Waals surface area contributed by atoms with Crippen molar-refractivity contribution in [3.8, 4) is 11.6 Å². The molecule has 2 aromatic carbocycles. The maximum atomic E-state index is 12.3. The lowest BCUT2D eigenvalue weighted by molar-refractivity contribution is 0.0600. The molecule has 148 valence electrons. The second-order valence-electron chi connectivity index (χ2n) is 6.32. The summed E-state index contributed by atoms with van der Waals surface area (Å²) in [4.78, 5) is 42.8. The molecule has 0 aliphatic heterocycles. The molecule has 0 aliphatic carbocycles. The second-order valence-corrected chi connectivity index (χ2v) is 6.32. The predicted molar refractivity (Wildman–Crippen MR) is 109 cm³/mol. The summed E-state index contributed by atoms with van der Waals surface area (Å²) < 4.78 is 5.75. The Hall–Kier alpha value is -3.94. The van der Waals surface area contributed by atoms with Crippen LogP contribution in [0, 0.1) is 13.8 Å². The number of benzene rings is 2. The van der Waals surface area contributed by atoms with Gasteiger partial charge in [-0.3, -0.25) is 14.8 Å². The monoisotopic (exact) mass is 393 g/mol. The van der Waals surface area contributed by atoms with Gasteiger partial charge in [-0.15, -0.1) is 0 Å². The molecule has 29 heavy (non-hydrogen) atoms. The second kappa shape index (κ2) is 7.97. The van der Waals surface area contributed by atoms with Crippen molar-refractivity contribution in [1.29, 1.82) is 0 Å². The Balaban J connectivity index is 2.13. The molecule has 3 rings (SSSR count). The summed E-state index contributed by atoms with van der Waals surface area (Å²) >= 11 is 0. The molecule has 8 nitrogen and oxygen atoms in total. The number of hydrogen-bond donors (Lipinski definition) is 2. The number of hydrogen-bond acceptors (Lipinski definition) is 6. The van der Waals surface area contributed by atoms with Crippen molar-refractivity contribution in [2.75, 3.05) is 7.11 Å². The number of methoxy groups -OCH3 is 1. The first-order valence-electron chi connectivity index (χ1n) is 8.71. The Labute approximate surface area is 165 Å². The van der Waals surface area contributed by atoms with Gasteiger partial charge in [-0.25, -0.2) is 14.2 Å². The molecule has 3 aromatic rings. The van der Waals surface area contributed by atoms with Gasteiger partial charge in [0.1, 0.15) is 5.56 Å². The Morgan fingerprint density at radius 1 is 1.14 bits per heavy atom. The van der Waals surface area contributed by atoms with Gasteiger partial charge < -0.3 is 9.84 Å². The molecule has 8 heteroatoms. The van der Waals surface area contributed by atoms with Crippen LogP contribution in [0.2, 0.25) is 0 Å². The van der Waals surface area contributed by atoms with Gasteiger partial charge in [0.25, 0.3) is 5.56 Å². The standard InChI is InChI=1S/C21H19N3O5/c1-12-7-4-5-10-17(12)24-19(26)15(18(25)23-21(24)28)11-22-16-9-6-8-14(13(16)2)20(27)29-3/h4-11,26H,1-3H3,(H,23,25,28). The highest BCUT2D eigenvalue weighted by Gasteiger charge is 2.16. The van der Waals surface area contributed by atoms with Crippen molar-refractivity contribution in [2.45, 2.75) is 13.8 Å². The summed E-state index contributed by atoms with van der Waals surface area (Å²) in [6.45, 7) is 3.47. The fraction of sp³-hybridized carbons (Fsp3) is 0.143. The Morgan fingerprint density at radius 2 is 1.86 bits per heavy atom. The van der Waals surface area contributed by atoms with E-state index in [1.54, 1.807) is 56.3 Å². The van der Waals surface area contributed by atoms with E-state index in [0.29, 0.717) is 22.5 Å². The highest BCUT2D eigenvalue weighted by Crippen LogP contribution is 2.23. The summed E-state index contributed by atoms with van der Waals surface area (Å²) in [5, 5.41) is 10.6. The van der Waals surface area contributed by atoms with E-state index in [2.05, 4.69) is 9.98 Å². The van der Waals surface area contributed by atoms with E-state index in [1.165, 1.54) is 7.11 Å². The van der Waals surface area contributed by atoms with Gasteiger partial charge in [0.15, 0.2) is 0 Å². The highest BCUT2D eigenvalue weighted by atomic mass is 16.5. The topological polar surface area (TPSA) is 114 Å². The van der Waals surface area contributed by atoms with E-state index in [1.807, 2.05) is 0 Å². The van der Waals surface area contributed by atoms with Crippen LogP contribution in [0.3, 0.4) is 0 Å². The zero-order valence-corrected chi connectivity index (χ0v) is 16.1. The van der Waals surface area contributed by atoms with Gasteiger partial charge in [0.05, 0.1) is 24.0 Å². The van der Waals surface area contributed by atoms with Gasteiger partial charge in [-0.05, 0) is 43.2 Å². The molecule has 1 heterocycles. The van der Waals surface area contributed by atoms with Crippen molar-refractivity contribution in [3.05, 3.63) is 85.6 Å². The summed E-state index contributed by atoms with van der Waals surface area (Å²) in [7, 11) is 1.28. The van der Waals surface area contributed by atoms with Gasteiger partial charge in [-0.2, -0.15) is 0 Å². The lowest BCUT2D eigenvalue weighted by atomic mass is 10.1. The number of rotatable bonds is 4. The van der Waals surface area contributed by atoms with Crippen LogP contribution in [-0.2, 0) is 4.74 Å². The molecule has 0 bridgehead atoms. The Kier molecular flexibility index (Phi) is 5.45. The molecule has 0 unspecified atom stereocenters. The highest BCUT2D eigenvalue weighted by molar-refractivity contribution is 5.93. The largest absolute Gasteiger partial charge is 0.493 e. The molecule has 0 radical (unpaired) electrons. The molecule has 1 aromatic heterocycles. The molecule has 0 aliphatic rings. The number of aliphatic imine (C=N–C) groups is 1. The van der Waals surface area contributed by atoms with E-state index in [9.17, 15) is 19.5 Å². The van der Waals surface area contributed by atoms with E-state index in [4.69, 9.17) is 4.74 Å². The smallest absolute Gasteiger partial charge is 0.338 e. The molecule has 0 spiro atoms. The molecule has 0 saturated heterocycles. The van der Waals surface area contributed by atoms with E-state index in [0.717, 1.165) is 16.3 Å². The van der Waals surface area contributed by atoms with Crippen LogP contribution in [-0.4, -0.2) is 34.0 Å². The maximum absolute atomic E-state index is 12.3. The van der Waals surface area contributed by atoms with Crippen LogP contribution in [0.25, 0.3) is 5.69 Å². The van der Waals surface area contributed by atoms with Crippen LogP contribution < -0.4 is 11.2 Å². The van der Waals surface area contributed by atoms with Gasteiger partial charge in [0.2, 0.25) is 5.88 Å². The molecule has 0 atom stereocenters. The van der Waals surface area contributed by atoms with Gasteiger partial charge >= 0.3 is 11.7 Å². The third-order valence-corrected chi connectivity index (χ3v) is 4.52. The SMILES string of the molecule is COC(=O)c1cccc(N=Cc2c(O)n(-c3ccccc3C)c(=O)[nH]c2=O)c1C. The number of H-pyrrole nitrogens is 1. The van der Waals surface area contributed by atoms with E-state index < -0.39 is 23.1 Å². The van der Waals surface area contributed by atoms with Crippen molar-refractivity contribution >= 4 is 17.9 Å². The number of aromatic nitrogens is 2. The van der Waals surface area contributed by atoms with E-state index in [-0.39, 0.29) is 5.56 Å². The fourth-order valence-electron chi connectivity index (χ4n) is 2.92. The lowest BCUT2D eigenvalue weighted by Crippen LogP contribution is -2.31. The number of carbonyl (C=O) groups excluding carboxylic acids is 1. The first kappa shape index (κ1) is 19.8. The Morgan fingerprint density at radius 3 is 2.55 bits per heavy atom. The summed E-state index contributed by atoms with van der Waals surface area (Å²) in [5.41, 5.74) is 0.761. The molecule has 0 fully saturated rings. The number of carbonyl (C=O) groups is 1. The van der Waals surface area contributed by atoms with E-state index >= 15 is 0 Å². The molecular weight excluding hydrogens is 374 g/mol. The minimum atomic E-state index is -0.775. The number of aryl methyl sites for hydroxylation is 1.